The van der Waals surface area contributed by atoms with Crippen LogP contribution in [0.25, 0.3) is 0 Å². The van der Waals surface area contributed by atoms with Gasteiger partial charge in [0.2, 0.25) is 0 Å². The van der Waals surface area contributed by atoms with E-state index in [1.54, 1.807) is 14.2 Å². The van der Waals surface area contributed by atoms with Crippen LogP contribution in [-0.4, -0.2) is 55.9 Å². The third-order valence-corrected chi connectivity index (χ3v) is 8.72. The normalized spacial score (nSPS) is 25.2. The van der Waals surface area contributed by atoms with Crippen molar-refractivity contribution in [2.45, 2.75) is 77.7 Å². The van der Waals surface area contributed by atoms with Crippen LogP contribution in [0.3, 0.4) is 0 Å². The maximum atomic E-state index is 12.9. The zero-order valence-electron chi connectivity index (χ0n) is 22.4. The largest absolute Gasteiger partial charge is 0.493 e. The Morgan fingerprint density at radius 3 is 2.42 bits per heavy atom. The molecule has 0 aromatic heterocycles. The van der Waals surface area contributed by atoms with Gasteiger partial charge in [-0.1, -0.05) is 26.7 Å². The lowest BCUT2D eigenvalue weighted by molar-refractivity contribution is -0.151. The van der Waals surface area contributed by atoms with E-state index in [0.29, 0.717) is 18.4 Å². The van der Waals surface area contributed by atoms with Gasteiger partial charge >= 0.3 is 11.9 Å². The molecule has 0 radical (unpaired) electrons. The average molecular weight is 502 g/mol. The minimum absolute atomic E-state index is 0.0562. The van der Waals surface area contributed by atoms with Gasteiger partial charge in [0, 0.05) is 19.1 Å². The van der Waals surface area contributed by atoms with Gasteiger partial charge in [0.1, 0.15) is 0 Å². The molecule has 36 heavy (non-hydrogen) atoms. The number of ether oxygens (including phenoxy) is 3. The number of fused-ring (bicyclic) bond motifs is 3. The fraction of sp³-hybridized carbons (Fsp3) is 0.724. The molecule has 4 rings (SSSR count). The Bertz CT molecular complexity index is 938. The van der Waals surface area contributed by atoms with E-state index in [-0.39, 0.29) is 30.8 Å². The molecule has 3 aliphatic rings. The van der Waals surface area contributed by atoms with Crippen LogP contribution in [0.5, 0.6) is 11.5 Å². The second-order valence-electron chi connectivity index (χ2n) is 11.7. The van der Waals surface area contributed by atoms with E-state index in [9.17, 15) is 14.7 Å². The van der Waals surface area contributed by atoms with Gasteiger partial charge < -0.3 is 19.3 Å². The van der Waals surface area contributed by atoms with Crippen LogP contribution in [0.1, 0.15) is 82.4 Å². The molecule has 1 aromatic carbocycles. The van der Waals surface area contributed by atoms with Gasteiger partial charge in [-0.15, -0.1) is 0 Å². The summed E-state index contributed by atoms with van der Waals surface area (Å²) in [5, 5.41) is 9.39. The first-order valence-corrected chi connectivity index (χ1v) is 13.6. The number of methoxy groups -OCH3 is 2. The summed E-state index contributed by atoms with van der Waals surface area (Å²) in [4.78, 5) is 27.0. The first-order chi connectivity index (χ1) is 17.2. The van der Waals surface area contributed by atoms with Crippen molar-refractivity contribution in [3.8, 4) is 11.5 Å². The lowest BCUT2D eigenvalue weighted by Gasteiger charge is -2.47. The second-order valence-corrected chi connectivity index (χ2v) is 11.7. The molecule has 2 aliphatic heterocycles. The summed E-state index contributed by atoms with van der Waals surface area (Å²) in [6, 6.07) is 4.52. The summed E-state index contributed by atoms with van der Waals surface area (Å²) in [7, 11) is 3.35. The van der Waals surface area contributed by atoms with Crippen LogP contribution in [0.2, 0.25) is 0 Å². The van der Waals surface area contributed by atoms with Crippen molar-refractivity contribution in [2.75, 3.05) is 33.9 Å². The van der Waals surface area contributed by atoms with Crippen LogP contribution in [0, 0.1) is 23.2 Å². The third-order valence-electron chi connectivity index (χ3n) is 8.72. The first kappa shape index (κ1) is 26.8. The van der Waals surface area contributed by atoms with E-state index >= 15 is 0 Å². The summed E-state index contributed by atoms with van der Waals surface area (Å²) in [5.41, 5.74) is 2.18. The van der Waals surface area contributed by atoms with Gasteiger partial charge in [0.15, 0.2) is 11.5 Å². The Kier molecular flexibility index (Phi) is 8.48. The molecule has 0 unspecified atom stereocenters. The van der Waals surface area contributed by atoms with Gasteiger partial charge in [0.25, 0.3) is 0 Å². The Labute approximate surface area is 215 Å². The predicted molar refractivity (Wildman–Crippen MR) is 137 cm³/mol. The number of piperidine rings is 1. The number of hydrogen-bond donors (Lipinski definition) is 1. The third kappa shape index (κ3) is 5.99. The molecule has 1 saturated heterocycles. The van der Waals surface area contributed by atoms with Crippen molar-refractivity contribution in [2.24, 2.45) is 23.2 Å². The monoisotopic (exact) mass is 501 g/mol. The molecule has 1 aromatic rings. The quantitative estimate of drug-likeness (QED) is 0.438. The average Bonchev–Trinajstić information content (AvgIpc) is 3.28. The molecule has 0 amide bonds. The SMILES string of the molecule is COc1cc2c(cc1OC)[C@H]1C[C@@H](COC(=O)CC3(CC(=O)O)CCCC3)[C@H](CC(C)C)CN1CC2. The summed E-state index contributed by atoms with van der Waals surface area (Å²) < 4.78 is 17.1. The number of rotatable bonds is 10. The van der Waals surface area contributed by atoms with Gasteiger partial charge in [-0.2, -0.15) is 0 Å². The van der Waals surface area contributed by atoms with E-state index in [4.69, 9.17) is 14.2 Å². The molecule has 1 N–H and O–H groups in total. The number of benzene rings is 1. The Morgan fingerprint density at radius 2 is 1.78 bits per heavy atom. The van der Waals surface area contributed by atoms with Crippen molar-refractivity contribution in [1.82, 2.24) is 4.90 Å². The van der Waals surface area contributed by atoms with E-state index in [1.807, 2.05) is 0 Å². The lowest BCUT2D eigenvalue weighted by atomic mass is 9.74. The maximum absolute atomic E-state index is 12.9. The van der Waals surface area contributed by atoms with Gasteiger partial charge in [-0.3, -0.25) is 14.5 Å². The maximum Gasteiger partial charge on any atom is 0.306 e. The minimum atomic E-state index is -0.822. The highest BCUT2D eigenvalue weighted by atomic mass is 16.5. The van der Waals surface area contributed by atoms with Crippen molar-refractivity contribution < 1.29 is 28.9 Å². The number of carbonyl (C=O) groups excluding carboxylic acids is 1. The van der Waals surface area contributed by atoms with Gasteiger partial charge in [-0.05, 0) is 78.5 Å². The smallest absolute Gasteiger partial charge is 0.306 e. The summed E-state index contributed by atoms with van der Waals surface area (Å²) in [6.45, 7) is 6.95. The van der Waals surface area contributed by atoms with Crippen molar-refractivity contribution in [3.05, 3.63) is 23.3 Å². The predicted octanol–water partition coefficient (Wildman–Crippen LogP) is 5.25. The second kappa shape index (κ2) is 11.4. The Balaban J connectivity index is 1.48. The van der Waals surface area contributed by atoms with Crippen LogP contribution in [0.4, 0.5) is 0 Å². The van der Waals surface area contributed by atoms with Crippen LogP contribution in [0.15, 0.2) is 12.1 Å². The van der Waals surface area contributed by atoms with Crippen molar-refractivity contribution in [3.63, 3.8) is 0 Å². The molecule has 0 bridgehead atoms. The first-order valence-electron chi connectivity index (χ1n) is 13.6. The number of nitrogens with zero attached hydrogens (tertiary/aromatic N) is 1. The van der Waals surface area contributed by atoms with Crippen LogP contribution < -0.4 is 9.47 Å². The molecular weight excluding hydrogens is 458 g/mol. The van der Waals surface area contributed by atoms with Crippen LogP contribution in [-0.2, 0) is 20.7 Å². The number of hydrogen-bond acceptors (Lipinski definition) is 6. The molecule has 7 nitrogen and oxygen atoms in total. The topological polar surface area (TPSA) is 85.3 Å². The standard InChI is InChI=1S/C29H43NO6/c1-19(2)11-21-17-30-10-7-20-13-25(34-3)26(35-4)14-23(20)24(30)12-22(21)18-36-28(33)16-29(15-27(31)32)8-5-6-9-29/h13-14,19,21-22,24H,5-12,15-18H2,1-4H3,(H,31,32)/t21-,22+,24-/m1/s1. The van der Waals surface area contributed by atoms with E-state index in [1.165, 1.54) is 11.1 Å². The highest BCUT2D eigenvalue weighted by molar-refractivity contribution is 5.73. The molecule has 2 heterocycles. The van der Waals surface area contributed by atoms with Crippen molar-refractivity contribution >= 4 is 11.9 Å². The van der Waals surface area contributed by atoms with E-state index in [2.05, 4.69) is 30.9 Å². The molecule has 2 fully saturated rings. The number of carbonyl (C=O) groups is 2. The lowest BCUT2D eigenvalue weighted by Crippen LogP contribution is -2.47. The van der Waals surface area contributed by atoms with Gasteiger partial charge in [0.05, 0.1) is 33.7 Å². The molecule has 0 spiro atoms. The molecule has 1 aliphatic carbocycles. The van der Waals surface area contributed by atoms with E-state index < -0.39 is 11.4 Å². The fourth-order valence-corrected chi connectivity index (χ4v) is 7.00. The zero-order chi connectivity index (χ0) is 25.9. The van der Waals surface area contributed by atoms with E-state index in [0.717, 1.165) is 69.5 Å². The number of carboxylic acid groups (broad SMARTS) is 1. The highest BCUT2D eigenvalue weighted by Crippen LogP contribution is 2.47. The van der Waals surface area contributed by atoms with Gasteiger partial charge in [-0.25, -0.2) is 0 Å². The fourth-order valence-electron chi connectivity index (χ4n) is 7.00. The number of carboxylic acids is 1. The zero-order valence-corrected chi connectivity index (χ0v) is 22.4. The van der Waals surface area contributed by atoms with Crippen molar-refractivity contribution in [1.29, 1.82) is 0 Å². The number of aliphatic carboxylic acids is 1. The number of esters is 1. The highest BCUT2D eigenvalue weighted by Gasteiger charge is 2.41. The Morgan fingerprint density at radius 1 is 1.08 bits per heavy atom. The molecule has 1 saturated carbocycles. The molecular formula is C29H43NO6. The Hall–Kier alpha value is -2.28. The van der Waals surface area contributed by atoms with Crippen LogP contribution >= 0.6 is 0 Å². The molecule has 7 heteroatoms. The minimum Gasteiger partial charge on any atom is -0.493 e. The summed E-state index contributed by atoms with van der Waals surface area (Å²) in [5.74, 6) is 1.78. The summed E-state index contributed by atoms with van der Waals surface area (Å²) in [6.07, 6.45) is 6.89. The molecule has 200 valence electrons. The molecule has 3 atom stereocenters. The summed E-state index contributed by atoms with van der Waals surface area (Å²) >= 11 is 0.